The minimum absolute atomic E-state index is 0.122. The van der Waals surface area contributed by atoms with Gasteiger partial charge in [0.2, 0.25) is 8.32 Å². The average molecular weight is 290 g/mol. The molecule has 0 aliphatic carbocycles. The standard InChI is InChI=1S/C17H26O2Si/c1-5-7-13-17(19-20(3,4)6-2)15-18-14-16-11-9-8-10-12-16/h5-6,8-12,17H,1-2,7,13-15H2,3-4H3. The van der Waals surface area contributed by atoms with Crippen LogP contribution in [0.15, 0.2) is 55.3 Å². The zero-order chi connectivity index (χ0) is 14.8. The van der Waals surface area contributed by atoms with Crippen LogP contribution in [0.4, 0.5) is 0 Å². The summed E-state index contributed by atoms with van der Waals surface area (Å²) in [5, 5.41) is 0. The van der Waals surface area contributed by atoms with Crippen molar-refractivity contribution in [3.8, 4) is 0 Å². The maximum absolute atomic E-state index is 6.18. The van der Waals surface area contributed by atoms with E-state index < -0.39 is 8.32 Å². The van der Waals surface area contributed by atoms with Gasteiger partial charge in [0.05, 0.1) is 19.3 Å². The molecular formula is C17H26O2Si. The molecule has 0 N–H and O–H groups in total. The Hall–Kier alpha value is -1.16. The topological polar surface area (TPSA) is 18.5 Å². The molecule has 110 valence electrons. The molecule has 20 heavy (non-hydrogen) atoms. The van der Waals surface area contributed by atoms with Gasteiger partial charge in [-0.15, -0.1) is 13.2 Å². The molecule has 0 saturated carbocycles. The lowest BCUT2D eigenvalue weighted by atomic mass is 10.2. The van der Waals surface area contributed by atoms with E-state index in [9.17, 15) is 0 Å². The summed E-state index contributed by atoms with van der Waals surface area (Å²) in [4.78, 5) is 0. The molecule has 3 heteroatoms. The molecule has 0 aromatic heterocycles. The van der Waals surface area contributed by atoms with E-state index in [-0.39, 0.29) is 6.10 Å². The van der Waals surface area contributed by atoms with E-state index in [1.807, 2.05) is 30.0 Å². The lowest BCUT2D eigenvalue weighted by molar-refractivity contribution is 0.0348. The van der Waals surface area contributed by atoms with Crippen LogP contribution in [-0.4, -0.2) is 21.0 Å². The molecule has 0 amide bonds. The van der Waals surface area contributed by atoms with Gasteiger partial charge in [0.15, 0.2) is 0 Å². The maximum Gasteiger partial charge on any atom is 0.211 e. The largest absolute Gasteiger partial charge is 0.408 e. The monoisotopic (exact) mass is 290 g/mol. The van der Waals surface area contributed by atoms with Crippen molar-refractivity contribution < 1.29 is 9.16 Å². The Labute approximate surface area is 124 Å². The molecule has 1 atom stereocenters. The molecular weight excluding hydrogens is 264 g/mol. The first kappa shape index (κ1) is 16.9. The first-order valence-electron chi connectivity index (χ1n) is 7.11. The van der Waals surface area contributed by atoms with Crippen molar-refractivity contribution in [1.82, 2.24) is 0 Å². The fraction of sp³-hybridized carbons (Fsp3) is 0.412. The SMILES string of the molecule is C=CCCC(COCc1ccccc1)O[Si](C)(C)C=C. The van der Waals surface area contributed by atoms with Crippen molar-refractivity contribution in [2.75, 3.05) is 6.61 Å². The molecule has 0 spiro atoms. The zero-order valence-electron chi connectivity index (χ0n) is 12.7. The van der Waals surface area contributed by atoms with E-state index in [1.54, 1.807) is 0 Å². The maximum atomic E-state index is 6.18. The number of ether oxygens (including phenoxy) is 1. The van der Waals surface area contributed by atoms with E-state index in [0.29, 0.717) is 13.2 Å². The lowest BCUT2D eigenvalue weighted by Crippen LogP contribution is -2.35. The van der Waals surface area contributed by atoms with Crippen molar-refractivity contribution in [2.45, 2.75) is 38.6 Å². The first-order valence-corrected chi connectivity index (χ1v) is 10.1. The molecule has 1 aromatic rings. The summed E-state index contributed by atoms with van der Waals surface area (Å²) < 4.78 is 12.0. The van der Waals surface area contributed by atoms with Crippen LogP contribution in [0.2, 0.25) is 13.1 Å². The number of hydrogen-bond donors (Lipinski definition) is 0. The molecule has 0 aliphatic rings. The van der Waals surface area contributed by atoms with Crippen LogP contribution in [0.25, 0.3) is 0 Å². The van der Waals surface area contributed by atoms with E-state index in [4.69, 9.17) is 9.16 Å². The number of rotatable bonds is 10. The van der Waals surface area contributed by atoms with Crippen molar-refractivity contribution in [1.29, 1.82) is 0 Å². The Morgan fingerprint density at radius 2 is 1.90 bits per heavy atom. The zero-order valence-corrected chi connectivity index (χ0v) is 13.7. The summed E-state index contributed by atoms with van der Waals surface area (Å²) >= 11 is 0. The predicted molar refractivity (Wildman–Crippen MR) is 88.1 cm³/mol. The summed E-state index contributed by atoms with van der Waals surface area (Å²) in [5.41, 5.74) is 3.15. The second kappa shape index (κ2) is 8.90. The minimum atomic E-state index is -1.77. The van der Waals surface area contributed by atoms with Gasteiger partial charge in [-0.05, 0) is 31.5 Å². The predicted octanol–water partition coefficient (Wildman–Crippen LogP) is 4.48. The van der Waals surface area contributed by atoms with Gasteiger partial charge < -0.3 is 9.16 Å². The molecule has 1 aromatic carbocycles. The van der Waals surface area contributed by atoms with Gasteiger partial charge in [-0.25, -0.2) is 0 Å². The summed E-state index contributed by atoms with van der Waals surface area (Å²) in [6, 6.07) is 10.2. The Morgan fingerprint density at radius 1 is 1.20 bits per heavy atom. The average Bonchev–Trinajstić information content (AvgIpc) is 2.45. The Balaban J connectivity index is 2.43. The highest BCUT2D eigenvalue weighted by Gasteiger charge is 2.23. The van der Waals surface area contributed by atoms with Crippen LogP contribution in [-0.2, 0) is 15.8 Å². The Bertz CT molecular complexity index is 401. The highest BCUT2D eigenvalue weighted by atomic mass is 28.4. The molecule has 0 bridgehead atoms. The number of allylic oxidation sites excluding steroid dienone is 1. The summed E-state index contributed by atoms with van der Waals surface area (Å²) in [7, 11) is -1.77. The van der Waals surface area contributed by atoms with Crippen LogP contribution >= 0.6 is 0 Å². The third-order valence-electron chi connectivity index (χ3n) is 3.07. The van der Waals surface area contributed by atoms with Gasteiger partial charge in [-0.3, -0.25) is 0 Å². The molecule has 0 aliphatic heterocycles. The van der Waals surface area contributed by atoms with Crippen LogP contribution in [0, 0.1) is 0 Å². The first-order chi connectivity index (χ1) is 9.57. The van der Waals surface area contributed by atoms with Crippen LogP contribution in [0.5, 0.6) is 0 Å². The lowest BCUT2D eigenvalue weighted by Gasteiger charge is -2.26. The van der Waals surface area contributed by atoms with E-state index in [1.165, 1.54) is 5.56 Å². The van der Waals surface area contributed by atoms with Crippen molar-refractivity contribution in [3.63, 3.8) is 0 Å². The molecule has 0 saturated heterocycles. The summed E-state index contributed by atoms with van der Waals surface area (Å²) in [5.74, 6) is 0. The van der Waals surface area contributed by atoms with Gasteiger partial charge in [0.25, 0.3) is 0 Å². The fourth-order valence-corrected chi connectivity index (χ4v) is 2.98. The normalized spacial score (nSPS) is 12.9. The van der Waals surface area contributed by atoms with Crippen LogP contribution in [0.1, 0.15) is 18.4 Å². The molecule has 1 unspecified atom stereocenters. The summed E-state index contributed by atoms with van der Waals surface area (Å²) in [6.07, 6.45) is 3.94. The van der Waals surface area contributed by atoms with Gasteiger partial charge >= 0.3 is 0 Å². The van der Waals surface area contributed by atoms with Crippen LogP contribution < -0.4 is 0 Å². The van der Waals surface area contributed by atoms with Crippen molar-refractivity contribution in [3.05, 3.63) is 60.8 Å². The third kappa shape index (κ3) is 6.85. The molecule has 0 radical (unpaired) electrons. The van der Waals surface area contributed by atoms with E-state index >= 15 is 0 Å². The van der Waals surface area contributed by atoms with E-state index in [2.05, 4.69) is 38.4 Å². The number of benzene rings is 1. The van der Waals surface area contributed by atoms with Gasteiger partial charge in [0.1, 0.15) is 0 Å². The smallest absolute Gasteiger partial charge is 0.211 e. The Morgan fingerprint density at radius 3 is 2.50 bits per heavy atom. The molecule has 2 nitrogen and oxygen atoms in total. The highest BCUT2D eigenvalue weighted by molar-refractivity contribution is 6.76. The molecule has 1 rings (SSSR count). The van der Waals surface area contributed by atoms with Crippen LogP contribution in [0.3, 0.4) is 0 Å². The third-order valence-corrected chi connectivity index (χ3v) is 4.99. The van der Waals surface area contributed by atoms with E-state index in [0.717, 1.165) is 12.8 Å². The minimum Gasteiger partial charge on any atom is -0.408 e. The van der Waals surface area contributed by atoms with Crippen molar-refractivity contribution >= 4 is 8.32 Å². The molecule has 0 fully saturated rings. The number of hydrogen-bond acceptors (Lipinski definition) is 2. The second-order valence-electron chi connectivity index (χ2n) is 5.41. The Kier molecular flexibility index (Phi) is 7.52. The highest BCUT2D eigenvalue weighted by Crippen LogP contribution is 2.14. The van der Waals surface area contributed by atoms with Gasteiger partial charge in [-0.1, -0.05) is 42.1 Å². The van der Waals surface area contributed by atoms with Gasteiger partial charge in [-0.2, -0.15) is 0 Å². The molecule has 0 heterocycles. The second-order valence-corrected chi connectivity index (χ2v) is 9.27. The fourth-order valence-electron chi connectivity index (χ4n) is 1.84. The summed E-state index contributed by atoms with van der Waals surface area (Å²) in [6.45, 7) is 13.2. The quantitative estimate of drug-likeness (QED) is 0.467. The van der Waals surface area contributed by atoms with Crippen molar-refractivity contribution in [2.24, 2.45) is 0 Å². The van der Waals surface area contributed by atoms with Gasteiger partial charge in [0, 0.05) is 0 Å².